The molecule has 4 heteroatoms. The van der Waals surface area contributed by atoms with E-state index in [1.807, 2.05) is 36.1 Å². The lowest BCUT2D eigenvalue weighted by atomic mass is 9.99. The number of nitrogens with one attached hydrogen (secondary N) is 1. The largest absolute Gasteiger partial charge is 0.339 e. The number of carbonyl (C=O) groups excluding carboxylic acids is 1. The van der Waals surface area contributed by atoms with Gasteiger partial charge in [0.05, 0.1) is 5.92 Å². The maximum Gasteiger partial charge on any atom is 0.229 e. The van der Waals surface area contributed by atoms with Crippen LogP contribution < -0.4 is 5.32 Å². The molecule has 2 atom stereocenters. The lowest BCUT2D eigenvalue weighted by Crippen LogP contribution is -2.52. The first-order valence-corrected chi connectivity index (χ1v) is 6.73. The second-order valence-electron chi connectivity index (χ2n) is 4.92. The number of benzene rings is 1. The molecule has 3 nitrogen and oxygen atoms in total. The van der Waals surface area contributed by atoms with E-state index in [0.717, 1.165) is 25.2 Å². The highest BCUT2D eigenvalue weighted by molar-refractivity contribution is 6.30. The van der Waals surface area contributed by atoms with Crippen LogP contribution in [0.3, 0.4) is 0 Å². The average molecular weight is 267 g/mol. The van der Waals surface area contributed by atoms with Crippen molar-refractivity contribution in [3.05, 3.63) is 34.9 Å². The summed E-state index contributed by atoms with van der Waals surface area (Å²) >= 11 is 5.97. The quantitative estimate of drug-likeness (QED) is 0.891. The second kappa shape index (κ2) is 5.72. The van der Waals surface area contributed by atoms with Crippen molar-refractivity contribution >= 4 is 17.5 Å². The van der Waals surface area contributed by atoms with E-state index in [2.05, 4.69) is 12.2 Å². The Morgan fingerprint density at radius 3 is 3.00 bits per heavy atom. The van der Waals surface area contributed by atoms with Gasteiger partial charge in [0, 0.05) is 30.7 Å². The van der Waals surface area contributed by atoms with E-state index < -0.39 is 0 Å². The fourth-order valence-electron chi connectivity index (χ4n) is 2.32. The summed E-state index contributed by atoms with van der Waals surface area (Å²) in [5.74, 6) is 0.0552. The predicted octanol–water partition coefficient (Wildman–Crippen LogP) is 2.26. The van der Waals surface area contributed by atoms with Gasteiger partial charge in [0.15, 0.2) is 0 Å². The van der Waals surface area contributed by atoms with E-state index >= 15 is 0 Å². The molecule has 1 heterocycles. The van der Waals surface area contributed by atoms with Crippen LogP contribution in [0.1, 0.15) is 25.3 Å². The molecule has 0 radical (unpaired) electrons. The second-order valence-corrected chi connectivity index (χ2v) is 5.35. The van der Waals surface area contributed by atoms with Crippen molar-refractivity contribution in [2.75, 3.05) is 19.6 Å². The van der Waals surface area contributed by atoms with Gasteiger partial charge in [0.2, 0.25) is 5.91 Å². The zero-order chi connectivity index (χ0) is 13.1. The van der Waals surface area contributed by atoms with Crippen LogP contribution >= 0.6 is 11.6 Å². The van der Waals surface area contributed by atoms with Crippen molar-refractivity contribution in [1.82, 2.24) is 10.2 Å². The number of halogens is 1. The maximum atomic E-state index is 12.4. The zero-order valence-corrected chi connectivity index (χ0v) is 11.6. The van der Waals surface area contributed by atoms with Gasteiger partial charge in [0.25, 0.3) is 0 Å². The highest BCUT2D eigenvalue weighted by Gasteiger charge is 2.25. The van der Waals surface area contributed by atoms with Gasteiger partial charge >= 0.3 is 0 Å². The van der Waals surface area contributed by atoms with E-state index in [1.165, 1.54) is 0 Å². The number of carbonyl (C=O) groups is 1. The Balaban J connectivity index is 2.08. The van der Waals surface area contributed by atoms with Crippen molar-refractivity contribution in [2.45, 2.75) is 25.8 Å². The monoisotopic (exact) mass is 266 g/mol. The first-order chi connectivity index (χ1) is 8.58. The van der Waals surface area contributed by atoms with E-state index in [9.17, 15) is 4.79 Å². The van der Waals surface area contributed by atoms with Gasteiger partial charge in [0.1, 0.15) is 0 Å². The molecule has 0 bridgehead atoms. The van der Waals surface area contributed by atoms with Crippen LogP contribution in [0.2, 0.25) is 5.02 Å². The smallest absolute Gasteiger partial charge is 0.229 e. The summed E-state index contributed by atoms with van der Waals surface area (Å²) in [6.07, 6.45) is 0. The molecule has 1 aliphatic rings. The van der Waals surface area contributed by atoms with E-state index in [1.54, 1.807) is 0 Å². The molecule has 18 heavy (non-hydrogen) atoms. The molecular weight excluding hydrogens is 248 g/mol. The van der Waals surface area contributed by atoms with Crippen molar-refractivity contribution in [2.24, 2.45) is 0 Å². The molecule has 0 aromatic heterocycles. The summed E-state index contributed by atoms with van der Waals surface area (Å²) in [6.45, 7) is 6.48. The van der Waals surface area contributed by atoms with Crippen LogP contribution in [0.5, 0.6) is 0 Å². The summed E-state index contributed by atoms with van der Waals surface area (Å²) in [6, 6.07) is 7.92. The Morgan fingerprint density at radius 2 is 2.33 bits per heavy atom. The predicted molar refractivity (Wildman–Crippen MR) is 73.9 cm³/mol. The molecule has 0 aliphatic carbocycles. The van der Waals surface area contributed by atoms with Gasteiger partial charge < -0.3 is 10.2 Å². The molecule has 0 saturated carbocycles. The molecule has 1 aromatic rings. The average Bonchev–Trinajstić information content (AvgIpc) is 2.37. The summed E-state index contributed by atoms with van der Waals surface area (Å²) in [4.78, 5) is 14.3. The van der Waals surface area contributed by atoms with Gasteiger partial charge in [-0.05, 0) is 31.5 Å². The molecule has 2 rings (SSSR count). The molecule has 1 N–H and O–H groups in total. The van der Waals surface area contributed by atoms with Crippen molar-refractivity contribution in [1.29, 1.82) is 0 Å². The Hall–Kier alpha value is -1.06. The molecule has 98 valence electrons. The zero-order valence-electron chi connectivity index (χ0n) is 10.8. The third-order valence-corrected chi connectivity index (χ3v) is 3.63. The molecule has 0 spiro atoms. The number of nitrogens with zero attached hydrogens (tertiary/aromatic N) is 1. The van der Waals surface area contributed by atoms with Gasteiger partial charge in [-0.2, -0.15) is 0 Å². The van der Waals surface area contributed by atoms with Gasteiger partial charge in [-0.1, -0.05) is 23.7 Å². The molecule has 1 amide bonds. The van der Waals surface area contributed by atoms with Crippen LogP contribution in [0, 0.1) is 0 Å². The first kappa shape index (κ1) is 13.4. The molecule has 2 unspecified atom stereocenters. The van der Waals surface area contributed by atoms with E-state index in [-0.39, 0.29) is 11.8 Å². The van der Waals surface area contributed by atoms with Crippen molar-refractivity contribution in [3.63, 3.8) is 0 Å². The van der Waals surface area contributed by atoms with Crippen LogP contribution in [-0.4, -0.2) is 36.5 Å². The lowest BCUT2D eigenvalue weighted by Gasteiger charge is -2.33. The van der Waals surface area contributed by atoms with Crippen molar-refractivity contribution < 1.29 is 4.79 Å². The summed E-state index contributed by atoms with van der Waals surface area (Å²) in [5, 5.41) is 4.02. The topological polar surface area (TPSA) is 32.3 Å². The number of rotatable bonds is 2. The Bertz CT molecular complexity index is 436. The molecule has 1 aliphatic heterocycles. The highest BCUT2D eigenvalue weighted by atomic mass is 35.5. The number of piperazine rings is 1. The lowest BCUT2D eigenvalue weighted by molar-refractivity contribution is -0.133. The fraction of sp³-hybridized carbons (Fsp3) is 0.500. The standard InChI is InChI=1S/C14H19ClN2O/c1-10-9-17(7-6-16-10)14(18)11(2)12-4-3-5-13(15)8-12/h3-5,8,10-11,16H,6-7,9H2,1-2H3. The minimum absolute atomic E-state index is 0.131. The van der Waals surface area contributed by atoms with Gasteiger partial charge in [-0.25, -0.2) is 0 Å². The third-order valence-electron chi connectivity index (χ3n) is 3.40. The van der Waals surface area contributed by atoms with Crippen LogP contribution in [-0.2, 0) is 4.79 Å². The number of hydrogen-bond donors (Lipinski definition) is 1. The molecule has 1 saturated heterocycles. The normalized spacial score (nSPS) is 21.7. The van der Waals surface area contributed by atoms with Crippen LogP contribution in [0.15, 0.2) is 24.3 Å². The minimum atomic E-state index is -0.131. The Kier molecular flexibility index (Phi) is 4.25. The van der Waals surface area contributed by atoms with Crippen LogP contribution in [0.4, 0.5) is 0 Å². The SMILES string of the molecule is CC1CN(C(=O)C(C)c2cccc(Cl)c2)CCN1. The fourth-order valence-corrected chi connectivity index (χ4v) is 2.52. The number of amides is 1. The summed E-state index contributed by atoms with van der Waals surface area (Å²) < 4.78 is 0. The highest BCUT2D eigenvalue weighted by Crippen LogP contribution is 2.21. The Labute approximate surface area is 113 Å². The van der Waals surface area contributed by atoms with Gasteiger partial charge in [-0.15, -0.1) is 0 Å². The molecular formula is C14H19ClN2O. The summed E-state index contributed by atoms with van der Waals surface area (Å²) in [7, 11) is 0. The Morgan fingerprint density at radius 1 is 1.56 bits per heavy atom. The molecule has 1 fully saturated rings. The van der Waals surface area contributed by atoms with Crippen molar-refractivity contribution in [3.8, 4) is 0 Å². The van der Waals surface area contributed by atoms with E-state index in [0.29, 0.717) is 11.1 Å². The maximum absolute atomic E-state index is 12.4. The van der Waals surface area contributed by atoms with E-state index in [4.69, 9.17) is 11.6 Å². The first-order valence-electron chi connectivity index (χ1n) is 6.35. The minimum Gasteiger partial charge on any atom is -0.339 e. The van der Waals surface area contributed by atoms with Crippen LogP contribution in [0.25, 0.3) is 0 Å². The number of hydrogen-bond acceptors (Lipinski definition) is 2. The third kappa shape index (κ3) is 3.03. The summed E-state index contributed by atoms with van der Waals surface area (Å²) in [5.41, 5.74) is 0.985. The van der Waals surface area contributed by atoms with Gasteiger partial charge in [-0.3, -0.25) is 4.79 Å². The molecule has 1 aromatic carbocycles.